The third-order valence-corrected chi connectivity index (χ3v) is 1.73. The first-order valence-corrected chi connectivity index (χ1v) is 4.19. The maximum absolute atomic E-state index is 11.7. The number of carbonyl (C=O) groups is 2. The van der Waals surface area contributed by atoms with Gasteiger partial charge in [-0.3, -0.25) is 9.59 Å². The molecule has 0 saturated heterocycles. The summed E-state index contributed by atoms with van der Waals surface area (Å²) in [5.41, 5.74) is 0. The van der Waals surface area contributed by atoms with Gasteiger partial charge in [-0.2, -0.15) is 8.78 Å². The summed E-state index contributed by atoms with van der Waals surface area (Å²) in [6.45, 7) is 0. The van der Waals surface area contributed by atoms with E-state index in [9.17, 15) is 18.4 Å². The van der Waals surface area contributed by atoms with Gasteiger partial charge in [0, 0.05) is 0 Å². The van der Waals surface area contributed by atoms with E-state index in [0.29, 0.717) is 6.08 Å². The number of halogens is 2. The van der Waals surface area contributed by atoms with E-state index in [1.54, 1.807) is 0 Å². The lowest BCUT2D eigenvalue weighted by Crippen LogP contribution is -2.26. The van der Waals surface area contributed by atoms with Crippen LogP contribution < -0.4 is 0 Å². The van der Waals surface area contributed by atoms with Gasteiger partial charge in [0.05, 0.1) is 14.2 Å². The van der Waals surface area contributed by atoms with Crippen molar-refractivity contribution in [1.29, 1.82) is 0 Å². The average Bonchev–Trinajstić information content (AvgIpc) is 2.22. The van der Waals surface area contributed by atoms with Gasteiger partial charge in [-0.25, -0.2) is 0 Å². The van der Waals surface area contributed by atoms with Crippen LogP contribution in [0.1, 0.15) is 12.8 Å². The van der Waals surface area contributed by atoms with E-state index in [0.717, 1.165) is 14.2 Å². The molecule has 0 heterocycles. The predicted molar refractivity (Wildman–Crippen MR) is 47.1 cm³/mol. The molecule has 0 atom stereocenters. The van der Waals surface area contributed by atoms with Crippen LogP contribution in [-0.2, 0) is 19.1 Å². The molecule has 6 heteroatoms. The number of rotatable bonds is 5. The molecular weight excluding hydrogens is 210 g/mol. The van der Waals surface area contributed by atoms with E-state index < -0.39 is 23.9 Å². The molecular formula is C9H12F2O4. The third kappa shape index (κ3) is 5.09. The first-order chi connectivity index (χ1) is 7.02. The number of esters is 2. The number of allylic oxidation sites excluding steroid dienone is 1. The van der Waals surface area contributed by atoms with Gasteiger partial charge in [0.2, 0.25) is 0 Å². The zero-order valence-electron chi connectivity index (χ0n) is 8.46. The molecule has 0 aliphatic rings. The van der Waals surface area contributed by atoms with Crippen LogP contribution in [0.2, 0.25) is 0 Å². The van der Waals surface area contributed by atoms with Gasteiger partial charge in [-0.1, -0.05) is 0 Å². The van der Waals surface area contributed by atoms with E-state index in [1.807, 2.05) is 0 Å². The van der Waals surface area contributed by atoms with Crippen molar-refractivity contribution in [2.24, 2.45) is 5.92 Å². The molecule has 0 fully saturated rings. The minimum absolute atomic E-state index is 0.0588. The highest BCUT2D eigenvalue weighted by Gasteiger charge is 2.27. The summed E-state index contributed by atoms with van der Waals surface area (Å²) in [7, 11) is 2.23. The number of hydrogen-bond donors (Lipinski definition) is 0. The highest BCUT2D eigenvalue weighted by Crippen LogP contribution is 2.12. The van der Waals surface area contributed by atoms with Gasteiger partial charge in [0.1, 0.15) is 0 Å². The summed E-state index contributed by atoms with van der Waals surface area (Å²) < 4.78 is 32.0. The zero-order valence-corrected chi connectivity index (χ0v) is 8.46. The number of methoxy groups -OCH3 is 2. The monoisotopic (exact) mass is 222 g/mol. The van der Waals surface area contributed by atoms with Gasteiger partial charge in [-0.05, 0) is 18.9 Å². The fraction of sp³-hybridized carbons (Fsp3) is 0.556. The average molecular weight is 222 g/mol. The summed E-state index contributed by atoms with van der Waals surface area (Å²) in [6, 6.07) is 0. The Labute approximate surface area is 85.9 Å². The van der Waals surface area contributed by atoms with Gasteiger partial charge in [0.15, 0.2) is 5.92 Å². The minimum atomic E-state index is -1.84. The minimum Gasteiger partial charge on any atom is -0.468 e. The molecule has 0 amide bonds. The molecule has 0 radical (unpaired) electrons. The van der Waals surface area contributed by atoms with Gasteiger partial charge >= 0.3 is 11.9 Å². The molecule has 0 N–H and O–H groups in total. The number of hydrogen-bond acceptors (Lipinski definition) is 4. The van der Waals surface area contributed by atoms with Crippen LogP contribution in [0, 0.1) is 5.92 Å². The highest BCUT2D eigenvalue weighted by molar-refractivity contribution is 5.94. The van der Waals surface area contributed by atoms with Gasteiger partial charge in [0.25, 0.3) is 6.08 Å². The smallest absolute Gasteiger partial charge is 0.320 e. The SMILES string of the molecule is COC(=O)C(CCC=C(F)F)C(=O)OC. The summed E-state index contributed by atoms with van der Waals surface area (Å²) in [6.07, 6.45) is -1.35. The Morgan fingerprint density at radius 1 is 1.20 bits per heavy atom. The Kier molecular flexibility index (Phi) is 6.24. The fourth-order valence-corrected chi connectivity index (χ4v) is 0.976. The number of ether oxygens (including phenoxy) is 2. The highest BCUT2D eigenvalue weighted by atomic mass is 19.3. The van der Waals surface area contributed by atoms with E-state index in [4.69, 9.17) is 0 Å². The Bertz CT molecular complexity index is 243. The molecule has 15 heavy (non-hydrogen) atoms. The molecule has 0 aromatic carbocycles. The first-order valence-electron chi connectivity index (χ1n) is 4.19. The summed E-state index contributed by atoms with van der Waals surface area (Å²) >= 11 is 0. The van der Waals surface area contributed by atoms with Crippen LogP contribution in [0.4, 0.5) is 8.78 Å². The van der Waals surface area contributed by atoms with Crippen LogP contribution in [0.25, 0.3) is 0 Å². The van der Waals surface area contributed by atoms with E-state index in [-0.39, 0.29) is 12.8 Å². The molecule has 0 aromatic rings. The van der Waals surface area contributed by atoms with Crippen LogP contribution in [0.3, 0.4) is 0 Å². The van der Waals surface area contributed by atoms with Crippen molar-refractivity contribution in [3.63, 3.8) is 0 Å². The van der Waals surface area contributed by atoms with Crippen molar-refractivity contribution in [2.45, 2.75) is 12.8 Å². The second-order valence-electron chi connectivity index (χ2n) is 2.67. The van der Waals surface area contributed by atoms with Gasteiger partial charge < -0.3 is 9.47 Å². The Balaban J connectivity index is 4.32. The maximum atomic E-state index is 11.7. The van der Waals surface area contributed by atoms with Gasteiger partial charge in [-0.15, -0.1) is 0 Å². The fourth-order valence-electron chi connectivity index (χ4n) is 0.976. The molecule has 0 bridgehead atoms. The molecule has 0 saturated carbocycles. The molecule has 0 spiro atoms. The normalized spacial score (nSPS) is 9.67. The summed E-state index contributed by atoms with van der Waals surface area (Å²) in [5.74, 6) is -2.71. The maximum Gasteiger partial charge on any atom is 0.320 e. The van der Waals surface area contributed by atoms with Crippen LogP contribution in [0.5, 0.6) is 0 Å². The Hall–Kier alpha value is -1.46. The molecule has 86 valence electrons. The Morgan fingerprint density at radius 3 is 2.00 bits per heavy atom. The van der Waals surface area contributed by atoms with E-state index in [1.165, 1.54) is 0 Å². The largest absolute Gasteiger partial charge is 0.468 e. The van der Waals surface area contributed by atoms with Crippen molar-refractivity contribution in [1.82, 2.24) is 0 Å². The molecule has 0 aliphatic heterocycles. The lowest BCUT2D eigenvalue weighted by Gasteiger charge is -2.10. The zero-order chi connectivity index (χ0) is 11.8. The molecule has 0 aromatic heterocycles. The van der Waals surface area contributed by atoms with Crippen molar-refractivity contribution in [3.8, 4) is 0 Å². The summed E-state index contributed by atoms with van der Waals surface area (Å²) in [5, 5.41) is 0. The lowest BCUT2D eigenvalue weighted by atomic mass is 10.0. The third-order valence-electron chi connectivity index (χ3n) is 1.73. The number of carbonyl (C=O) groups excluding carboxylic acids is 2. The van der Waals surface area contributed by atoms with Crippen LogP contribution >= 0.6 is 0 Å². The Morgan fingerprint density at radius 2 is 1.67 bits per heavy atom. The lowest BCUT2D eigenvalue weighted by molar-refractivity contribution is -0.159. The second kappa shape index (κ2) is 6.92. The van der Waals surface area contributed by atoms with Crippen LogP contribution in [0.15, 0.2) is 12.2 Å². The molecule has 4 nitrogen and oxygen atoms in total. The second-order valence-corrected chi connectivity index (χ2v) is 2.67. The van der Waals surface area contributed by atoms with Crippen molar-refractivity contribution >= 4 is 11.9 Å². The van der Waals surface area contributed by atoms with Crippen molar-refractivity contribution in [2.75, 3.05) is 14.2 Å². The topological polar surface area (TPSA) is 52.6 Å². The first kappa shape index (κ1) is 13.5. The molecule has 0 unspecified atom stereocenters. The van der Waals surface area contributed by atoms with Crippen molar-refractivity contribution in [3.05, 3.63) is 12.2 Å². The van der Waals surface area contributed by atoms with E-state index >= 15 is 0 Å². The predicted octanol–water partition coefficient (Wildman–Crippen LogP) is 1.51. The molecule has 0 aliphatic carbocycles. The van der Waals surface area contributed by atoms with E-state index in [2.05, 4.69) is 9.47 Å². The molecule has 0 rings (SSSR count). The summed E-state index contributed by atoms with van der Waals surface area (Å²) in [4.78, 5) is 22.1. The quantitative estimate of drug-likeness (QED) is 0.522. The van der Waals surface area contributed by atoms with Crippen LogP contribution in [-0.4, -0.2) is 26.2 Å². The van der Waals surface area contributed by atoms with Crippen molar-refractivity contribution < 1.29 is 27.8 Å². The standard InChI is InChI=1S/C9H12F2O4/c1-14-8(12)6(9(13)15-2)4-3-5-7(10)11/h5-6H,3-4H2,1-2H3.